The Hall–Kier alpha value is -3.33. The highest BCUT2D eigenvalue weighted by Gasteiger charge is 2.07. The first-order valence-electron chi connectivity index (χ1n) is 9.61. The fourth-order valence-corrected chi connectivity index (χ4v) is 2.62. The fraction of sp³-hybridized carbons (Fsp3) is 0.348. The molecule has 0 atom stereocenters. The van der Waals surface area contributed by atoms with Gasteiger partial charge in [-0.15, -0.1) is 0 Å². The van der Waals surface area contributed by atoms with Crippen LogP contribution in [0.5, 0.6) is 5.75 Å². The van der Waals surface area contributed by atoms with E-state index < -0.39 is 0 Å². The number of carbonyl (C=O) groups excluding carboxylic acids is 2. The molecule has 0 saturated heterocycles. The van der Waals surface area contributed by atoms with Gasteiger partial charge < -0.3 is 14.2 Å². The largest absolute Gasteiger partial charge is 0.490 e. The highest BCUT2D eigenvalue weighted by Crippen LogP contribution is 2.11. The van der Waals surface area contributed by atoms with Crippen LogP contribution >= 0.6 is 0 Å². The monoisotopic (exact) mass is 395 g/mol. The first-order valence-corrected chi connectivity index (χ1v) is 9.61. The van der Waals surface area contributed by atoms with Gasteiger partial charge in [0, 0.05) is 12.8 Å². The predicted octanol–water partition coefficient (Wildman–Crippen LogP) is 3.63. The standard InChI is InChI=1S/C23H25NO5/c24-14-5-15-28-22(25)12-10-19-6-4-7-20(18-19)11-13-23(26)29-17-16-27-21-8-2-1-3-9-21/h1-4,6-9,18H,5,10-13,15-17H2. The number of para-hydroxylation sites is 1. The van der Waals surface area contributed by atoms with E-state index >= 15 is 0 Å². The summed E-state index contributed by atoms with van der Waals surface area (Å²) in [6, 6.07) is 19.1. The van der Waals surface area contributed by atoms with Crippen LogP contribution in [0.2, 0.25) is 0 Å². The zero-order valence-electron chi connectivity index (χ0n) is 16.3. The van der Waals surface area contributed by atoms with Crippen molar-refractivity contribution in [2.24, 2.45) is 0 Å². The number of benzene rings is 2. The highest BCUT2D eigenvalue weighted by molar-refractivity contribution is 5.70. The van der Waals surface area contributed by atoms with E-state index in [1.54, 1.807) is 0 Å². The molecule has 0 bridgehead atoms. The van der Waals surface area contributed by atoms with Crippen molar-refractivity contribution in [1.29, 1.82) is 5.26 Å². The predicted molar refractivity (Wildman–Crippen MR) is 107 cm³/mol. The maximum atomic E-state index is 11.9. The van der Waals surface area contributed by atoms with E-state index in [1.807, 2.05) is 60.7 Å². The lowest BCUT2D eigenvalue weighted by atomic mass is 10.0. The molecular weight excluding hydrogens is 370 g/mol. The molecule has 0 fully saturated rings. The van der Waals surface area contributed by atoms with Crippen molar-refractivity contribution >= 4 is 11.9 Å². The van der Waals surface area contributed by atoms with E-state index in [0.717, 1.165) is 16.9 Å². The first-order chi connectivity index (χ1) is 14.2. The Labute approximate surface area is 171 Å². The molecule has 0 aliphatic heterocycles. The number of aryl methyl sites for hydroxylation is 2. The number of hydrogen-bond acceptors (Lipinski definition) is 6. The molecule has 6 heteroatoms. The molecule has 152 valence electrons. The summed E-state index contributed by atoms with van der Waals surface area (Å²) in [4.78, 5) is 23.5. The van der Waals surface area contributed by atoms with Crippen LogP contribution < -0.4 is 4.74 Å². The number of hydrogen-bond donors (Lipinski definition) is 0. The molecule has 6 nitrogen and oxygen atoms in total. The van der Waals surface area contributed by atoms with Crippen molar-refractivity contribution in [1.82, 2.24) is 0 Å². The molecular formula is C23H25NO5. The van der Waals surface area contributed by atoms with Crippen LogP contribution in [0.15, 0.2) is 54.6 Å². The molecule has 0 amide bonds. The minimum atomic E-state index is -0.313. The van der Waals surface area contributed by atoms with Gasteiger partial charge in [-0.3, -0.25) is 9.59 Å². The lowest BCUT2D eigenvalue weighted by Crippen LogP contribution is -2.12. The lowest BCUT2D eigenvalue weighted by molar-refractivity contribution is -0.144. The molecule has 0 aliphatic carbocycles. The van der Waals surface area contributed by atoms with E-state index in [4.69, 9.17) is 19.5 Å². The summed E-state index contributed by atoms with van der Waals surface area (Å²) in [6.45, 7) is 0.658. The van der Waals surface area contributed by atoms with Gasteiger partial charge in [0.25, 0.3) is 0 Å². The van der Waals surface area contributed by atoms with E-state index in [1.165, 1.54) is 0 Å². The fourth-order valence-electron chi connectivity index (χ4n) is 2.62. The Morgan fingerprint density at radius 3 is 2.03 bits per heavy atom. The third-order valence-electron chi connectivity index (χ3n) is 4.06. The third kappa shape index (κ3) is 9.43. The maximum Gasteiger partial charge on any atom is 0.306 e. The van der Waals surface area contributed by atoms with Gasteiger partial charge in [-0.1, -0.05) is 42.5 Å². The number of esters is 2. The molecule has 0 aliphatic rings. The van der Waals surface area contributed by atoms with Gasteiger partial charge in [0.05, 0.1) is 12.5 Å². The summed E-state index contributed by atoms with van der Waals surface area (Å²) in [5.74, 6) is 0.161. The van der Waals surface area contributed by atoms with Gasteiger partial charge in [-0.05, 0) is 36.1 Å². The zero-order chi connectivity index (χ0) is 20.7. The average Bonchev–Trinajstić information content (AvgIpc) is 2.75. The molecule has 0 radical (unpaired) electrons. The number of nitrogens with zero attached hydrogens (tertiary/aromatic N) is 1. The van der Waals surface area contributed by atoms with Crippen LogP contribution in [0.3, 0.4) is 0 Å². The Morgan fingerprint density at radius 2 is 1.41 bits per heavy atom. The van der Waals surface area contributed by atoms with Crippen LogP contribution in [0, 0.1) is 11.3 Å². The van der Waals surface area contributed by atoms with E-state index in [0.29, 0.717) is 19.4 Å². The van der Waals surface area contributed by atoms with Gasteiger partial charge in [0.2, 0.25) is 0 Å². The van der Waals surface area contributed by atoms with E-state index in [-0.39, 0.29) is 44.4 Å². The molecule has 0 aromatic heterocycles. The molecule has 0 unspecified atom stereocenters. The van der Waals surface area contributed by atoms with Crippen molar-refractivity contribution in [3.8, 4) is 11.8 Å². The highest BCUT2D eigenvalue weighted by atomic mass is 16.6. The number of rotatable bonds is 12. The van der Waals surface area contributed by atoms with E-state index in [9.17, 15) is 9.59 Å². The second-order valence-corrected chi connectivity index (χ2v) is 6.33. The molecule has 29 heavy (non-hydrogen) atoms. The Kier molecular flexibility index (Phi) is 9.81. The average molecular weight is 395 g/mol. The molecule has 2 aromatic carbocycles. The number of carbonyl (C=O) groups is 2. The summed E-state index contributed by atoms with van der Waals surface area (Å²) >= 11 is 0. The van der Waals surface area contributed by atoms with Gasteiger partial charge in [-0.2, -0.15) is 5.26 Å². The Bertz CT molecular complexity index is 814. The molecule has 0 heterocycles. The SMILES string of the molecule is N#CCCOC(=O)CCc1cccc(CCC(=O)OCCOc2ccccc2)c1. The number of nitriles is 1. The van der Waals surface area contributed by atoms with Crippen molar-refractivity contribution in [2.45, 2.75) is 32.1 Å². The smallest absolute Gasteiger partial charge is 0.306 e. The van der Waals surface area contributed by atoms with Gasteiger partial charge >= 0.3 is 11.9 Å². The Balaban J connectivity index is 1.64. The van der Waals surface area contributed by atoms with E-state index in [2.05, 4.69) is 0 Å². The van der Waals surface area contributed by atoms with Gasteiger partial charge in [0.15, 0.2) is 0 Å². The normalized spacial score (nSPS) is 10.0. The van der Waals surface area contributed by atoms with Crippen LogP contribution in [0.1, 0.15) is 30.4 Å². The number of ether oxygens (including phenoxy) is 3. The minimum Gasteiger partial charge on any atom is -0.490 e. The van der Waals surface area contributed by atoms with Crippen molar-refractivity contribution in [2.75, 3.05) is 19.8 Å². The molecule has 2 rings (SSSR count). The molecule has 0 saturated carbocycles. The Morgan fingerprint density at radius 1 is 0.793 bits per heavy atom. The summed E-state index contributed by atoms with van der Waals surface area (Å²) in [7, 11) is 0. The summed E-state index contributed by atoms with van der Waals surface area (Å²) < 4.78 is 15.6. The molecule has 2 aromatic rings. The minimum absolute atomic E-state index is 0.133. The quantitative estimate of drug-likeness (QED) is 0.403. The van der Waals surface area contributed by atoms with Crippen LogP contribution in [-0.4, -0.2) is 31.8 Å². The van der Waals surface area contributed by atoms with Crippen molar-refractivity contribution in [3.05, 3.63) is 65.7 Å². The van der Waals surface area contributed by atoms with Crippen LogP contribution in [-0.2, 0) is 31.9 Å². The van der Waals surface area contributed by atoms with Gasteiger partial charge in [-0.25, -0.2) is 0 Å². The molecule has 0 spiro atoms. The second-order valence-electron chi connectivity index (χ2n) is 6.33. The van der Waals surface area contributed by atoms with Crippen LogP contribution in [0.25, 0.3) is 0 Å². The van der Waals surface area contributed by atoms with Crippen LogP contribution in [0.4, 0.5) is 0 Å². The lowest BCUT2D eigenvalue weighted by Gasteiger charge is -2.08. The van der Waals surface area contributed by atoms with Gasteiger partial charge in [0.1, 0.15) is 25.6 Å². The van der Waals surface area contributed by atoms with Crippen molar-refractivity contribution in [3.63, 3.8) is 0 Å². The molecule has 0 N–H and O–H groups in total. The first kappa shape index (κ1) is 22.0. The summed E-state index contributed by atoms with van der Waals surface area (Å²) in [5.41, 5.74) is 2.02. The van der Waals surface area contributed by atoms with Crippen molar-refractivity contribution < 1.29 is 23.8 Å². The maximum absolute atomic E-state index is 11.9. The summed E-state index contributed by atoms with van der Waals surface area (Å²) in [6.07, 6.45) is 1.87. The second kappa shape index (κ2) is 12.9. The topological polar surface area (TPSA) is 85.6 Å². The zero-order valence-corrected chi connectivity index (χ0v) is 16.3. The third-order valence-corrected chi connectivity index (χ3v) is 4.06. The summed E-state index contributed by atoms with van der Waals surface area (Å²) in [5, 5.41) is 8.43.